The molecule has 142 valence electrons. The predicted octanol–water partition coefficient (Wildman–Crippen LogP) is 4.82. The lowest BCUT2D eigenvalue weighted by atomic mass is 10.1. The third-order valence-corrected chi connectivity index (χ3v) is 4.21. The summed E-state index contributed by atoms with van der Waals surface area (Å²) >= 11 is 0. The van der Waals surface area contributed by atoms with Gasteiger partial charge in [-0.1, -0.05) is 12.1 Å². The van der Waals surface area contributed by atoms with E-state index in [-0.39, 0.29) is 17.5 Å². The van der Waals surface area contributed by atoms with Crippen molar-refractivity contribution in [2.45, 2.75) is 27.7 Å². The van der Waals surface area contributed by atoms with Crippen LogP contribution in [0.4, 0.5) is 11.4 Å². The number of hydrogen-bond donors (Lipinski definition) is 2. The quantitative estimate of drug-likeness (QED) is 0.689. The number of nitrogens with zero attached hydrogens (tertiary/aromatic N) is 1. The number of pyridine rings is 1. The standard InChI is InChI=1S/C23H23N3O2/c1-14-7-15(2)10-19(9-14)25-22(27)18-5-6-24-21(13-18)23(28)26-20-11-16(3)8-17(4)12-20/h5-13H,1-4H3,(H,25,27)(H,26,28). The number of hydrogen-bond acceptors (Lipinski definition) is 3. The second kappa shape index (κ2) is 8.05. The summed E-state index contributed by atoms with van der Waals surface area (Å²) in [5, 5.41) is 5.71. The third-order valence-electron chi connectivity index (χ3n) is 4.21. The van der Waals surface area contributed by atoms with Gasteiger partial charge >= 0.3 is 0 Å². The molecule has 0 bridgehead atoms. The summed E-state index contributed by atoms with van der Waals surface area (Å²) in [6.45, 7) is 7.90. The second-order valence-electron chi connectivity index (χ2n) is 7.09. The number of anilines is 2. The topological polar surface area (TPSA) is 71.1 Å². The molecular weight excluding hydrogens is 350 g/mol. The van der Waals surface area contributed by atoms with Crippen LogP contribution in [0.5, 0.6) is 0 Å². The molecule has 3 aromatic rings. The zero-order valence-corrected chi connectivity index (χ0v) is 16.5. The summed E-state index contributed by atoms with van der Waals surface area (Å²) in [6.07, 6.45) is 1.47. The molecule has 5 nitrogen and oxygen atoms in total. The summed E-state index contributed by atoms with van der Waals surface area (Å²) in [5.41, 5.74) is 6.24. The Labute approximate surface area is 164 Å². The fourth-order valence-corrected chi connectivity index (χ4v) is 3.19. The third kappa shape index (κ3) is 4.82. The van der Waals surface area contributed by atoms with Crippen LogP contribution in [0, 0.1) is 27.7 Å². The van der Waals surface area contributed by atoms with E-state index < -0.39 is 0 Å². The molecule has 0 fully saturated rings. The van der Waals surface area contributed by atoms with E-state index >= 15 is 0 Å². The lowest BCUT2D eigenvalue weighted by molar-refractivity contribution is 0.102. The number of carbonyl (C=O) groups excluding carboxylic acids is 2. The average molecular weight is 373 g/mol. The maximum atomic E-state index is 12.6. The Balaban J connectivity index is 1.77. The highest BCUT2D eigenvalue weighted by Gasteiger charge is 2.13. The number of nitrogens with one attached hydrogen (secondary N) is 2. The largest absolute Gasteiger partial charge is 0.322 e. The number of amides is 2. The molecule has 0 saturated heterocycles. The molecule has 0 unspecified atom stereocenters. The first-order chi connectivity index (χ1) is 13.3. The first-order valence-electron chi connectivity index (χ1n) is 9.05. The van der Waals surface area contributed by atoms with Crippen LogP contribution in [0.3, 0.4) is 0 Å². The van der Waals surface area contributed by atoms with Crippen LogP contribution in [-0.2, 0) is 0 Å². The molecule has 2 aromatic carbocycles. The first kappa shape index (κ1) is 19.3. The monoisotopic (exact) mass is 373 g/mol. The van der Waals surface area contributed by atoms with Crippen molar-refractivity contribution in [3.8, 4) is 0 Å². The highest BCUT2D eigenvalue weighted by molar-refractivity contribution is 6.07. The molecule has 0 aliphatic heterocycles. The van der Waals surface area contributed by atoms with Gasteiger partial charge in [0.2, 0.25) is 0 Å². The van der Waals surface area contributed by atoms with Gasteiger partial charge in [-0.2, -0.15) is 0 Å². The van der Waals surface area contributed by atoms with Crippen LogP contribution in [0.15, 0.2) is 54.7 Å². The number of aromatic nitrogens is 1. The maximum absolute atomic E-state index is 12.6. The Morgan fingerprint density at radius 2 is 1.14 bits per heavy atom. The van der Waals surface area contributed by atoms with Crippen LogP contribution in [-0.4, -0.2) is 16.8 Å². The van der Waals surface area contributed by atoms with Gasteiger partial charge in [0.05, 0.1) is 0 Å². The van der Waals surface area contributed by atoms with E-state index in [1.165, 1.54) is 12.3 Å². The zero-order valence-electron chi connectivity index (χ0n) is 16.5. The summed E-state index contributed by atoms with van der Waals surface area (Å²) in [5.74, 6) is -0.640. The molecule has 2 N–H and O–H groups in total. The summed E-state index contributed by atoms with van der Waals surface area (Å²) in [7, 11) is 0. The fourth-order valence-electron chi connectivity index (χ4n) is 3.19. The Kier molecular flexibility index (Phi) is 5.54. The van der Waals surface area contributed by atoms with Crippen LogP contribution < -0.4 is 10.6 Å². The maximum Gasteiger partial charge on any atom is 0.274 e. The van der Waals surface area contributed by atoms with Gasteiger partial charge < -0.3 is 10.6 Å². The normalized spacial score (nSPS) is 10.4. The summed E-state index contributed by atoms with van der Waals surface area (Å²) < 4.78 is 0. The summed E-state index contributed by atoms with van der Waals surface area (Å²) in [4.78, 5) is 29.2. The van der Waals surface area contributed by atoms with Gasteiger partial charge in [0, 0.05) is 23.1 Å². The minimum atomic E-state index is -0.356. The molecule has 3 rings (SSSR count). The molecular formula is C23H23N3O2. The molecule has 0 atom stereocenters. The van der Waals surface area contributed by atoms with Gasteiger partial charge in [-0.25, -0.2) is 0 Å². The molecule has 1 aromatic heterocycles. The van der Waals surface area contributed by atoms with Crippen molar-refractivity contribution in [1.29, 1.82) is 0 Å². The fraction of sp³-hybridized carbons (Fsp3) is 0.174. The van der Waals surface area contributed by atoms with Crippen LogP contribution >= 0.6 is 0 Å². The van der Waals surface area contributed by atoms with Gasteiger partial charge in [0.15, 0.2) is 0 Å². The van der Waals surface area contributed by atoms with E-state index in [0.717, 1.165) is 27.9 Å². The molecule has 28 heavy (non-hydrogen) atoms. The van der Waals surface area contributed by atoms with E-state index in [9.17, 15) is 9.59 Å². The molecule has 2 amide bonds. The van der Waals surface area contributed by atoms with Crippen molar-refractivity contribution in [1.82, 2.24) is 4.98 Å². The minimum Gasteiger partial charge on any atom is -0.322 e. The molecule has 0 spiro atoms. The summed E-state index contributed by atoms with van der Waals surface area (Å²) in [6, 6.07) is 14.7. The van der Waals surface area contributed by atoms with E-state index in [1.807, 2.05) is 64.1 Å². The zero-order chi connectivity index (χ0) is 20.3. The lowest BCUT2D eigenvalue weighted by Gasteiger charge is -2.09. The molecule has 0 radical (unpaired) electrons. The second-order valence-corrected chi connectivity index (χ2v) is 7.09. The SMILES string of the molecule is Cc1cc(C)cc(NC(=O)c2ccnc(C(=O)Nc3cc(C)cc(C)c3)c2)c1. The Morgan fingerprint density at radius 3 is 1.64 bits per heavy atom. The van der Waals surface area contributed by atoms with E-state index in [4.69, 9.17) is 0 Å². The van der Waals surface area contributed by atoms with Gasteiger partial charge in [0.1, 0.15) is 5.69 Å². The van der Waals surface area contributed by atoms with Gasteiger partial charge in [-0.3, -0.25) is 14.6 Å². The van der Waals surface area contributed by atoms with Crippen LogP contribution in [0.1, 0.15) is 43.1 Å². The van der Waals surface area contributed by atoms with Gasteiger partial charge in [-0.15, -0.1) is 0 Å². The highest BCUT2D eigenvalue weighted by atomic mass is 16.2. The van der Waals surface area contributed by atoms with Crippen molar-refractivity contribution < 1.29 is 9.59 Å². The predicted molar refractivity (Wildman–Crippen MR) is 112 cm³/mol. The van der Waals surface area contributed by atoms with Crippen molar-refractivity contribution in [2.75, 3.05) is 10.6 Å². The van der Waals surface area contributed by atoms with Crippen molar-refractivity contribution >= 4 is 23.2 Å². The van der Waals surface area contributed by atoms with Crippen LogP contribution in [0.2, 0.25) is 0 Å². The molecule has 0 saturated carbocycles. The first-order valence-corrected chi connectivity index (χ1v) is 9.05. The number of aryl methyl sites for hydroxylation is 4. The average Bonchev–Trinajstić information content (AvgIpc) is 2.60. The van der Waals surface area contributed by atoms with Crippen LogP contribution in [0.25, 0.3) is 0 Å². The molecule has 1 heterocycles. The molecule has 0 aliphatic rings. The van der Waals surface area contributed by atoms with Gasteiger partial charge in [-0.05, 0) is 86.3 Å². The van der Waals surface area contributed by atoms with Crippen molar-refractivity contribution in [2.24, 2.45) is 0 Å². The Morgan fingerprint density at radius 1 is 0.679 bits per heavy atom. The Bertz CT molecular complexity index is 936. The van der Waals surface area contributed by atoms with Gasteiger partial charge in [0.25, 0.3) is 11.8 Å². The lowest BCUT2D eigenvalue weighted by Crippen LogP contribution is -2.17. The number of rotatable bonds is 4. The number of carbonyl (C=O) groups is 2. The van der Waals surface area contributed by atoms with E-state index in [1.54, 1.807) is 6.07 Å². The van der Waals surface area contributed by atoms with Crippen molar-refractivity contribution in [3.63, 3.8) is 0 Å². The smallest absolute Gasteiger partial charge is 0.274 e. The Hall–Kier alpha value is -3.47. The molecule has 5 heteroatoms. The minimum absolute atomic E-state index is 0.187. The molecule has 0 aliphatic carbocycles. The number of benzene rings is 2. The van der Waals surface area contributed by atoms with E-state index in [2.05, 4.69) is 15.6 Å². The highest BCUT2D eigenvalue weighted by Crippen LogP contribution is 2.17. The van der Waals surface area contributed by atoms with Crippen molar-refractivity contribution in [3.05, 3.63) is 88.2 Å². The van der Waals surface area contributed by atoms with E-state index in [0.29, 0.717) is 11.3 Å².